The number of phenolic OH excluding ortho intramolecular Hbond substituents is 1. The Morgan fingerprint density at radius 3 is 2.31 bits per heavy atom. The average Bonchev–Trinajstić information content (AvgIpc) is 3.07. The molecule has 16 heteroatoms. The van der Waals surface area contributed by atoms with Crippen LogP contribution in [-0.4, -0.2) is 83.5 Å². The van der Waals surface area contributed by atoms with Crippen LogP contribution in [0.2, 0.25) is 0 Å². The molecule has 5 rings (SSSR count). The number of benzene rings is 4. The Balaban J connectivity index is 1.56. The number of rotatable bonds is 16. The molecule has 0 saturated heterocycles. The fourth-order valence-corrected chi connectivity index (χ4v) is 5.54. The number of phenols is 1. The Morgan fingerprint density at radius 1 is 0.882 bits per heavy atom. The molecule has 6 N–H and O–H groups in total. The van der Waals surface area contributed by atoms with Crippen LogP contribution in [0.4, 0.5) is 18.9 Å². The molecule has 1 aliphatic heterocycles. The van der Waals surface area contributed by atoms with Gasteiger partial charge in [0.1, 0.15) is 54.5 Å². The average molecular weight is 713 g/mol. The lowest BCUT2D eigenvalue weighted by Crippen LogP contribution is -2.32. The molecule has 268 valence electrons. The van der Waals surface area contributed by atoms with E-state index in [1.54, 1.807) is 0 Å². The van der Waals surface area contributed by atoms with Crippen LogP contribution in [0.3, 0.4) is 0 Å². The van der Waals surface area contributed by atoms with Gasteiger partial charge in [-0.05, 0) is 35.9 Å². The van der Waals surface area contributed by atoms with E-state index in [2.05, 4.69) is 5.32 Å². The summed E-state index contributed by atoms with van der Waals surface area (Å²) in [6.45, 7) is -2.10. The van der Waals surface area contributed by atoms with Crippen molar-refractivity contribution >= 4 is 28.6 Å². The van der Waals surface area contributed by atoms with Crippen molar-refractivity contribution in [2.45, 2.75) is 6.04 Å². The molecule has 51 heavy (non-hydrogen) atoms. The largest absolute Gasteiger partial charge is 0.505 e. The van der Waals surface area contributed by atoms with Gasteiger partial charge in [-0.15, -0.1) is 0 Å². The molecule has 0 fully saturated rings. The summed E-state index contributed by atoms with van der Waals surface area (Å²) in [5.41, 5.74) is -0.353. The zero-order valence-electron chi connectivity index (χ0n) is 26.6. The molecule has 2 aliphatic rings. The standard InChI is InChI=1S/C35H31F3N2O11/c36-19-2-4-25(40(6-8-42)17-32(45)46)31(12-19)50-10-9-49-28-11-18(1-3-20(28)34(35(47)48)39-5-7-41)33-21-13-23(37)26(43)15-29(21)51-30-16-27(44)24(38)14-22(30)33/h1-4,11-16,34,39,41-43H,5-10,17H2,(H,45,46)(H,47,48). The van der Waals surface area contributed by atoms with Crippen LogP contribution >= 0.6 is 0 Å². The third kappa shape index (κ3) is 8.15. The maximum Gasteiger partial charge on any atom is 0.325 e. The lowest BCUT2D eigenvalue weighted by molar-refractivity contribution is -0.140. The highest BCUT2D eigenvalue weighted by molar-refractivity contribution is 6.02. The van der Waals surface area contributed by atoms with Crippen LogP contribution in [0.5, 0.6) is 17.2 Å². The van der Waals surface area contributed by atoms with Crippen molar-refractivity contribution in [3.8, 4) is 39.7 Å². The number of carboxylic acid groups (broad SMARTS) is 2. The summed E-state index contributed by atoms with van der Waals surface area (Å²) < 4.78 is 61.0. The van der Waals surface area contributed by atoms with Crippen LogP contribution in [0, 0.1) is 17.5 Å². The molecule has 1 heterocycles. The minimum Gasteiger partial charge on any atom is -0.505 e. The number of ether oxygens (including phenoxy) is 2. The number of hydrogen-bond donors (Lipinski definition) is 6. The number of aliphatic hydroxyl groups is 2. The molecule has 1 unspecified atom stereocenters. The second-order valence-corrected chi connectivity index (χ2v) is 11.1. The van der Waals surface area contributed by atoms with E-state index in [4.69, 9.17) is 13.9 Å². The fraction of sp³-hybridized carbons (Fsp3) is 0.229. The molecular formula is C35H31F3N2O11. The summed E-state index contributed by atoms with van der Waals surface area (Å²) in [5, 5.41) is 50.9. The highest BCUT2D eigenvalue weighted by atomic mass is 19.1. The molecule has 0 radical (unpaired) electrons. The van der Waals surface area contributed by atoms with Crippen LogP contribution in [0.1, 0.15) is 11.6 Å². The van der Waals surface area contributed by atoms with Crippen LogP contribution in [0.15, 0.2) is 69.9 Å². The number of fused-ring (bicyclic) bond motifs is 2. The van der Waals surface area contributed by atoms with Gasteiger partial charge in [-0.3, -0.25) is 19.7 Å². The number of nitrogens with one attached hydrogen (secondary N) is 1. The number of anilines is 1. The van der Waals surface area contributed by atoms with Gasteiger partial charge in [-0.1, -0.05) is 12.1 Å². The van der Waals surface area contributed by atoms with Gasteiger partial charge in [-0.2, -0.15) is 0 Å². The van der Waals surface area contributed by atoms with Crippen molar-refractivity contribution in [3.63, 3.8) is 0 Å². The van der Waals surface area contributed by atoms with E-state index in [0.717, 1.165) is 36.4 Å². The predicted molar refractivity (Wildman–Crippen MR) is 176 cm³/mol. The van der Waals surface area contributed by atoms with E-state index in [0.29, 0.717) is 0 Å². The number of carboxylic acids is 2. The molecule has 0 bridgehead atoms. The smallest absolute Gasteiger partial charge is 0.325 e. The van der Waals surface area contributed by atoms with E-state index in [1.165, 1.54) is 29.2 Å². The van der Waals surface area contributed by atoms with Gasteiger partial charge in [0, 0.05) is 53.4 Å². The molecule has 0 aromatic heterocycles. The molecule has 1 aliphatic carbocycles. The number of aliphatic carboxylic acids is 2. The number of aliphatic hydroxyl groups excluding tert-OH is 2. The summed E-state index contributed by atoms with van der Waals surface area (Å²) in [6, 6.07) is 9.97. The molecular weight excluding hydrogens is 681 g/mol. The van der Waals surface area contributed by atoms with Crippen molar-refractivity contribution in [1.29, 1.82) is 0 Å². The molecule has 3 aromatic carbocycles. The Morgan fingerprint density at radius 2 is 1.63 bits per heavy atom. The molecule has 0 spiro atoms. The van der Waals surface area contributed by atoms with Gasteiger partial charge < -0.3 is 44.3 Å². The van der Waals surface area contributed by atoms with Crippen molar-refractivity contribution in [2.24, 2.45) is 0 Å². The number of halogens is 3. The summed E-state index contributed by atoms with van der Waals surface area (Å²) in [4.78, 5) is 37.1. The van der Waals surface area contributed by atoms with Gasteiger partial charge in [0.15, 0.2) is 17.4 Å². The van der Waals surface area contributed by atoms with Crippen LogP contribution in [-0.2, 0) is 9.59 Å². The highest BCUT2D eigenvalue weighted by Gasteiger charge is 2.26. The highest BCUT2D eigenvalue weighted by Crippen LogP contribution is 2.43. The zero-order chi connectivity index (χ0) is 36.8. The summed E-state index contributed by atoms with van der Waals surface area (Å²) in [7, 11) is 0. The Bertz CT molecular complexity index is 2110. The van der Waals surface area contributed by atoms with E-state index >= 15 is 0 Å². The minimum absolute atomic E-state index is 0.0485. The second kappa shape index (κ2) is 15.8. The Labute approximate surface area is 286 Å². The van der Waals surface area contributed by atoms with E-state index in [-0.39, 0.29) is 82.5 Å². The topological polar surface area (TPSA) is 199 Å². The second-order valence-electron chi connectivity index (χ2n) is 11.1. The maximum atomic E-state index is 14.7. The van der Waals surface area contributed by atoms with Crippen molar-refractivity contribution in [2.75, 3.05) is 51.0 Å². The Hall–Kier alpha value is -5.84. The quantitative estimate of drug-likeness (QED) is 0.0640. The lowest BCUT2D eigenvalue weighted by atomic mass is 9.91. The molecule has 3 aromatic rings. The number of hydrogen-bond acceptors (Lipinski definition) is 11. The first-order valence-corrected chi connectivity index (χ1v) is 15.3. The molecule has 1 atom stereocenters. The number of carbonyl (C=O) groups is 2. The number of aromatic hydroxyl groups is 1. The van der Waals surface area contributed by atoms with E-state index < -0.39 is 66.4 Å². The normalized spacial score (nSPS) is 11.9. The van der Waals surface area contributed by atoms with Crippen LogP contribution in [0.25, 0.3) is 33.4 Å². The molecule has 0 saturated carbocycles. The molecule has 13 nitrogen and oxygen atoms in total. The molecule has 0 amide bonds. The first-order chi connectivity index (χ1) is 24.4. The Kier molecular flexibility index (Phi) is 11.3. The van der Waals surface area contributed by atoms with E-state index in [9.17, 15) is 53.1 Å². The first kappa shape index (κ1) is 36.4. The monoisotopic (exact) mass is 712 g/mol. The third-order valence-corrected chi connectivity index (χ3v) is 7.72. The maximum absolute atomic E-state index is 14.7. The third-order valence-electron chi connectivity index (χ3n) is 7.72. The first-order valence-electron chi connectivity index (χ1n) is 15.3. The van der Waals surface area contributed by atoms with Gasteiger partial charge >= 0.3 is 11.9 Å². The minimum atomic E-state index is -1.41. The van der Waals surface area contributed by atoms with E-state index in [1.807, 2.05) is 0 Å². The van der Waals surface area contributed by atoms with Gasteiger partial charge in [0.2, 0.25) is 5.43 Å². The summed E-state index contributed by atoms with van der Waals surface area (Å²) in [5.74, 6) is -6.34. The number of nitrogens with zero attached hydrogens (tertiary/aromatic N) is 1. The van der Waals surface area contributed by atoms with Crippen molar-refractivity contribution < 1.29 is 62.2 Å². The fourth-order valence-electron chi connectivity index (χ4n) is 5.54. The van der Waals surface area contributed by atoms with Gasteiger partial charge in [0.05, 0.1) is 18.9 Å². The van der Waals surface area contributed by atoms with Crippen molar-refractivity contribution in [1.82, 2.24) is 5.32 Å². The van der Waals surface area contributed by atoms with Crippen LogP contribution < -0.4 is 25.1 Å². The van der Waals surface area contributed by atoms with Gasteiger partial charge in [0.25, 0.3) is 0 Å². The zero-order valence-corrected chi connectivity index (χ0v) is 26.6. The predicted octanol–water partition coefficient (Wildman–Crippen LogP) is 3.74. The lowest BCUT2D eigenvalue weighted by Gasteiger charge is -2.24. The van der Waals surface area contributed by atoms with Crippen molar-refractivity contribution in [3.05, 3.63) is 93.9 Å². The van der Waals surface area contributed by atoms with Gasteiger partial charge in [-0.25, -0.2) is 13.2 Å². The summed E-state index contributed by atoms with van der Waals surface area (Å²) in [6.07, 6.45) is 0. The summed E-state index contributed by atoms with van der Waals surface area (Å²) >= 11 is 0. The SMILES string of the molecule is O=C(O)CN(CCO)c1ccc(F)cc1OCCOc1cc(-c2c3cc(F)c(=O)cc-3oc3cc(O)c(F)cc23)ccc1C(NCCO)C(=O)O.